The molecule has 0 aliphatic carbocycles. The lowest BCUT2D eigenvalue weighted by Crippen LogP contribution is -2.26. The van der Waals surface area contributed by atoms with Crippen molar-refractivity contribution in [1.29, 1.82) is 0 Å². The Morgan fingerprint density at radius 2 is 1.77 bits per heavy atom. The topological polar surface area (TPSA) is 84.6 Å². The van der Waals surface area contributed by atoms with Crippen LogP contribution in [-0.4, -0.2) is 40.5 Å². The Balaban J connectivity index is 1.33. The fourth-order valence-electron chi connectivity index (χ4n) is 4.85. The summed E-state index contributed by atoms with van der Waals surface area (Å²) in [6.07, 6.45) is 4.73. The van der Waals surface area contributed by atoms with Gasteiger partial charge in [0.15, 0.2) is 0 Å². The molecule has 0 unspecified atom stereocenters. The number of benzene rings is 2. The number of amides is 1. The predicted octanol–water partition coefficient (Wildman–Crippen LogP) is 4.59. The maximum Gasteiger partial charge on any atom is 0.320 e. The van der Waals surface area contributed by atoms with Gasteiger partial charge in [-0.1, -0.05) is 61.9 Å². The molecule has 0 spiro atoms. The number of likely N-dealkylation sites (tertiary alicyclic amines) is 1. The molecule has 35 heavy (non-hydrogen) atoms. The van der Waals surface area contributed by atoms with Crippen molar-refractivity contribution in [2.75, 3.05) is 30.3 Å². The van der Waals surface area contributed by atoms with Crippen LogP contribution in [0.5, 0.6) is 6.01 Å². The Bertz CT molecular complexity index is 1190. The normalized spacial score (nSPS) is 15.6. The van der Waals surface area contributed by atoms with Crippen molar-refractivity contribution in [3.05, 3.63) is 65.2 Å². The molecule has 1 saturated heterocycles. The van der Waals surface area contributed by atoms with Gasteiger partial charge in [0.2, 0.25) is 5.91 Å². The van der Waals surface area contributed by atoms with E-state index in [-0.39, 0.29) is 18.3 Å². The first kappa shape index (κ1) is 23.3. The van der Waals surface area contributed by atoms with Gasteiger partial charge in [-0.3, -0.25) is 14.6 Å². The van der Waals surface area contributed by atoms with E-state index in [9.17, 15) is 4.79 Å². The summed E-state index contributed by atoms with van der Waals surface area (Å²) in [6.45, 7) is 6.41. The van der Waals surface area contributed by atoms with E-state index in [2.05, 4.69) is 70.3 Å². The standard InChI is InChI=1S/C28H33N5O2/c1-2-3-16-35-28-30-26(29)24-17-25(34)33(27(24)31-28)18-20-10-12-21(13-11-20)23-9-5-4-8-22(23)19-32-14-6-7-15-32/h4-5,8-13H,2-3,6-7,14-19H2,1H3,(H2,29,30,31). The fourth-order valence-corrected chi connectivity index (χ4v) is 4.85. The Morgan fingerprint density at radius 3 is 2.54 bits per heavy atom. The number of aromatic nitrogens is 2. The van der Waals surface area contributed by atoms with E-state index in [1.54, 1.807) is 4.90 Å². The maximum absolute atomic E-state index is 12.8. The summed E-state index contributed by atoms with van der Waals surface area (Å²) in [5.74, 6) is 0.864. The third-order valence-corrected chi connectivity index (χ3v) is 6.83. The number of ether oxygens (including phenoxy) is 1. The summed E-state index contributed by atoms with van der Waals surface area (Å²) in [5, 5.41) is 0. The number of anilines is 2. The van der Waals surface area contributed by atoms with Gasteiger partial charge in [0.25, 0.3) is 0 Å². The van der Waals surface area contributed by atoms with Crippen molar-refractivity contribution in [1.82, 2.24) is 14.9 Å². The van der Waals surface area contributed by atoms with Crippen LogP contribution in [0.15, 0.2) is 48.5 Å². The van der Waals surface area contributed by atoms with Crippen molar-refractivity contribution in [2.24, 2.45) is 0 Å². The Hall–Kier alpha value is -3.45. The molecule has 3 aromatic rings. The van der Waals surface area contributed by atoms with Gasteiger partial charge >= 0.3 is 6.01 Å². The first-order valence-corrected chi connectivity index (χ1v) is 12.6. The second-order valence-electron chi connectivity index (χ2n) is 9.39. The molecule has 0 radical (unpaired) electrons. The molecule has 0 saturated carbocycles. The molecule has 3 heterocycles. The number of carbonyl (C=O) groups is 1. The molecule has 1 amide bonds. The van der Waals surface area contributed by atoms with Crippen LogP contribution in [0.1, 0.15) is 49.3 Å². The average molecular weight is 472 g/mol. The molecule has 182 valence electrons. The van der Waals surface area contributed by atoms with Crippen molar-refractivity contribution < 1.29 is 9.53 Å². The fraction of sp³-hybridized carbons (Fsp3) is 0.393. The smallest absolute Gasteiger partial charge is 0.320 e. The van der Waals surface area contributed by atoms with E-state index in [1.165, 1.54) is 42.6 Å². The average Bonchev–Trinajstić information content (AvgIpc) is 3.49. The Labute approximate surface area is 206 Å². The van der Waals surface area contributed by atoms with Crippen LogP contribution < -0.4 is 15.4 Å². The van der Waals surface area contributed by atoms with E-state index in [4.69, 9.17) is 10.5 Å². The van der Waals surface area contributed by atoms with E-state index >= 15 is 0 Å². The van der Waals surface area contributed by atoms with Crippen LogP contribution >= 0.6 is 0 Å². The lowest BCUT2D eigenvalue weighted by atomic mass is 9.98. The molecule has 1 fully saturated rings. The van der Waals surface area contributed by atoms with Crippen LogP contribution in [0.4, 0.5) is 11.6 Å². The van der Waals surface area contributed by atoms with Crippen molar-refractivity contribution in [2.45, 2.75) is 52.1 Å². The number of fused-ring (bicyclic) bond motifs is 1. The minimum Gasteiger partial charge on any atom is -0.463 e. The first-order valence-electron chi connectivity index (χ1n) is 12.6. The quantitative estimate of drug-likeness (QED) is 0.460. The molecular weight excluding hydrogens is 438 g/mol. The van der Waals surface area contributed by atoms with Crippen molar-refractivity contribution >= 4 is 17.5 Å². The number of rotatable bonds is 9. The highest BCUT2D eigenvalue weighted by Crippen LogP contribution is 2.34. The summed E-state index contributed by atoms with van der Waals surface area (Å²) >= 11 is 0. The van der Waals surface area contributed by atoms with Crippen LogP contribution in [-0.2, 0) is 24.3 Å². The van der Waals surface area contributed by atoms with Crippen molar-refractivity contribution in [3.63, 3.8) is 0 Å². The predicted molar refractivity (Wildman–Crippen MR) is 138 cm³/mol. The Morgan fingerprint density at radius 1 is 1.00 bits per heavy atom. The number of carbonyl (C=O) groups excluding carboxylic acids is 1. The van der Waals surface area contributed by atoms with Gasteiger partial charge in [-0.05, 0) is 54.6 Å². The molecular formula is C28H33N5O2. The maximum atomic E-state index is 12.8. The first-order chi connectivity index (χ1) is 17.1. The molecule has 2 aromatic carbocycles. The minimum absolute atomic E-state index is 0.0215. The second-order valence-corrected chi connectivity index (χ2v) is 9.39. The Kier molecular flexibility index (Phi) is 6.95. The van der Waals surface area contributed by atoms with Crippen LogP contribution in [0.2, 0.25) is 0 Å². The molecule has 2 aliphatic heterocycles. The largest absolute Gasteiger partial charge is 0.463 e. The second kappa shape index (κ2) is 10.4. The summed E-state index contributed by atoms with van der Waals surface area (Å²) in [5.41, 5.74) is 11.7. The van der Waals surface area contributed by atoms with Crippen LogP contribution in [0, 0.1) is 0 Å². The zero-order chi connectivity index (χ0) is 24.2. The monoisotopic (exact) mass is 471 g/mol. The third kappa shape index (κ3) is 5.15. The van der Waals surface area contributed by atoms with Gasteiger partial charge in [0.1, 0.15) is 11.6 Å². The lowest BCUT2D eigenvalue weighted by molar-refractivity contribution is -0.117. The highest BCUT2D eigenvalue weighted by atomic mass is 16.5. The highest BCUT2D eigenvalue weighted by molar-refractivity contribution is 6.01. The molecule has 7 heteroatoms. The number of nitrogens with zero attached hydrogens (tertiary/aromatic N) is 4. The van der Waals surface area contributed by atoms with Crippen molar-refractivity contribution in [3.8, 4) is 17.1 Å². The highest BCUT2D eigenvalue weighted by Gasteiger charge is 2.32. The van der Waals surface area contributed by atoms with E-state index in [1.807, 2.05) is 0 Å². The minimum atomic E-state index is -0.0215. The number of unbranched alkanes of at least 4 members (excludes halogenated alkanes) is 1. The number of hydrogen-bond acceptors (Lipinski definition) is 6. The number of nitrogen functional groups attached to an aromatic ring is 1. The SMILES string of the molecule is CCCCOc1nc(N)c2c(n1)N(Cc1ccc(-c3ccccc3CN3CCCC3)cc1)C(=O)C2. The van der Waals surface area contributed by atoms with Gasteiger partial charge in [-0.25, -0.2) is 0 Å². The summed E-state index contributed by atoms with van der Waals surface area (Å²) in [6, 6.07) is 17.4. The number of nitrogens with two attached hydrogens (primary N) is 1. The molecule has 2 N–H and O–H groups in total. The molecule has 0 atom stereocenters. The molecule has 0 bridgehead atoms. The zero-order valence-corrected chi connectivity index (χ0v) is 20.4. The van der Waals surface area contributed by atoms with Gasteiger partial charge in [0.05, 0.1) is 19.6 Å². The molecule has 2 aliphatic rings. The molecule has 7 nitrogen and oxygen atoms in total. The zero-order valence-electron chi connectivity index (χ0n) is 20.4. The van der Waals surface area contributed by atoms with Gasteiger partial charge in [-0.2, -0.15) is 9.97 Å². The van der Waals surface area contributed by atoms with E-state index in [0.717, 1.165) is 24.9 Å². The van der Waals surface area contributed by atoms with Gasteiger partial charge in [0, 0.05) is 12.1 Å². The number of hydrogen-bond donors (Lipinski definition) is 1. The summed E-state index contributed by atoms with van der Waals surface area (Å²) in [7, 11) is 0. The summed E-state index contributed by atoms with van der Waals surface area (Å²) in [4.78, 5) is 25.8. The summed E-state index contributed by atoms with van der Waals surface area (Å²) < 4.78 is 5.67. The van der Waals surface area contributed by atoms with Crippen LogP contribution in [0.3, 0.4) is 0 Å². The van der Waals surface area contributed by atoms with Crippen LogP contribution in [0.25, 0.3) is 11.1 Å². The van der Waals surface area contributed by atoms with E-state index < -0.39 is 0 Å². The van der Waals surface area contributed by atoms with Gasteiger partial charge < -0.3 is 10.5 Å². The third-order valence-electron chi connectivity index (χ3n) is 6.83. The molecule has 5 rings (SSSR count). The molecule has 1 aromatic heterocycles. The van der Waals surface area contributed by atoms with Gasteiger partial charge in [-0.15, -0.1) is 0 Å². The lowest BCUT2D eigenvalue weighted by Gasteiger charge is -2.19. The van der Waals surface area contributed by atoms with E-state index in [0.29, 0.717) is 30.4 Å².